The van der Waals surface area contributed by atoms with E-state index < -0.39 is 11.7 Å². The molecule has 1 saturated heterocycles. The van der Waals surface area contributed by atoms with Crippen molar-refractivity contribution in [1.29, 1.82) is 0 Å². The van der Waals surface area contributed by atoms with E-state index in [1.807, 2.05) is 0 Å². The Kier molecular flexibility index (Phi) is 5.63. The van der Waals surface area contributed by atoms with Crippen LogP contribution in [0.15, 0.2) is 30.3 Å². The number of nitrogen functional groups attached to an aromatic ring is 1. The van der Waals surface area contributed by atoms with Gasteiger partial charge in [0.05, 0.1) is 16.9 Å². The largest absolute Gasteiger partial charge is 0.417 e. The fraction of sp³-hybridized carbons (Fsp3) is 0.333. The van der Waals surface area contributed by atoms with Crippen LogP contribution in [0.1, 0.15) is 40.9 Å². The number of halogens is 4. The first-order chi connectivity index (χ1) is 14.3. The molecule has 3 aromatic rings. The van der Waals surface area contributed by atoms with Crippen molar-refractivity contribution < 1.29 is 18.0 Å². The Morgan fingerprint density at radius 1 is 1.10 bits per heavy atom. The van der Waals surface area contributed by atoms with Crippen LogP contribution in [-0.4, -0.2) is 28.9 Å². The summed E-state index contributed by atoms with van der Waals surface area (Å²) in [7, 11) is 0. The molecule has 1 aliphatic heterocycles. The lowest BCUT2D eigenvalue weighted by molar-refractivity contribution is -0.136. The standard InChI is InChI=1S/C21H19ClF3N3OS/c22-13-7-5-12(6-8-13)15-11-14(21(23,24)25)16-17(26)18(30-19(16)27-15)20(29)28-9-3-1-2-4-10-28/h5-8,11H,1-4,9-10,26H2. The summed E-state index contributed by atoms with van der Waals surface area (Å²) in [5.74, 6) is -0.321. The number of amides is 1. The monoisotopic (exact) mass is 453 g/mol. The van der Waals surface area contributed by atoms with Gasteiger partial charge in [-0.1, -0.05) is 36.6 Å². The van der Waals surface area contributed by atoms with E-state index in [4.69, 9.17) is 17.3 Å². The van der Waals surface area contributed by atoms with Gasteiger partial charge in [0.2, 0.25) is 0 Å². The van der Waals surface area contributed by atoms with Crippen LogP contribution >= 0.6 is 22.9 Å². The lowest BCUT2D eigenvalue weighted by atomic mass is 10.1. The summed E-state index contributed by atoms with van der Waals surface area (Å²) in [5, 5.41) is 0.268. The molecule has 30 heavy (non-hydrogen) atoms. The van der Waals surface area contributed by atoms with Crippen molar-refractivity contribution in [1.82, 2.24) is 9.88 Å². The van der Waals surface area contributed by atoms with Crippen LogP contribution in [0.3, 0.4) is 0 Å². The minimum absolute atomic E-state index is 0.102. The summed E-state index contributed by atoms with van der Waals surface area (Å²) in [6, 6.07) is 7.38. The van der Waals surface area contributed by atoms with Gasteiger partial charge in [0.15, 0.2) is 0 Å². The van der Waals surface area contributed by atoms with Gasteiger partial charge in [0.25, 0.3) is 5.91 Å². The molecule has 0 bridgehead atoms. The third-order valence-corrected chi connectivity index (χ3v) is 6.57. The molecule has 0 saturated carbocycles. The zero-order valence-corrected chi connectivity index (χ0v) is 17.5. The molecule has 1 fully saturated rings. The smallest absolute Gasteiger partial charge is 0.397 e. The zero-order chi connectivity index (χ0) is 21.5. The number of pyridine rings is 1. The number of hydrogen-bond donors (Lipinski definition) is 1. The second kappa shape index (κ2) is 8.07. The third kappa shape index (κ3) is 3.98. The van der Waals surface area contributed by atoms with Crippen LogP contribution in [0.4, 0.5) is 18.9 Å². The normalized spacial score (nSPS) is 15.4. The van der Waals surface area contributed by atoms with Gasteiger partial charge in [-0.15, -0.1) is 11.3 Å². The number of anilines is 1. The summed E-state index contributed by atoms with van der Waals surface area (Å²) in [6.07, 6.45) is -0.807. The molecule has 0 radical (unpaired) electrons. The highest BCUT2D eigenvalue weighted by atomic mass is 35.5. The molecule has 0 spiro atoms. The molecule has 9 heteroatoms. The number of carbonyl (C=O) groups excluding carboxylic acids is 1. The van der Waals surface area contributed by atoms with Gasteiger partial charge >= 0.3 is 6.18 Å². The van der Waals surface area contributed by atoms with Crippen LogP contribution in [0.2, 0.25) is 5.02 Å². The number of benzene rings is 1. The summed E-state index contributed by atoms with van der Waals surface area (Å²) in [5.41, 5.74) is 5.72. The van der Waals surface area contributed by atoms with Gasteiger partial charge in [-0.05, 0) is 31.0 Å². The number of fused-ring (bicyclic) bond motifs is 1. The van der Waals surface area contributed by atoms with Gasteiger partial charge in [-0.25, -0.2) is 4.98 Å². The Labute approximate surface area is 180 Å². The fourth-order valence-electron chi connectivity index (χ4n) is 3.69. The number of likely N-dealkylation sites (tertiary alicyclic amines) is 1. The van der Waals surface area contributed by atoms with Crippen LogP contribution in [0, 0.1) is 0 Å². The predicted molar refractivity (Wildman–Crippen MR) is 114 cm³/mol. The minimum Gasteiger partial charge on any atom is -0.397 e. The molecule has 1 aliphatic rings. The molecule has 0 aliphatic carbocycles. The van der Waals surface area contributed by atoms with Crippen molar-refractivity contribution in [3.63, 3.8) is 0 Å². The maximum Gasteiger partial charge on any atom is 0.417 e. The van der Waals surface area contributed by atoms with E-state index in [0.29, 0.717) is 23.7 Å². The molecule has 158 valence electrons. The first-order valence-corrected chi connectivity index (χ1v) is 10.8. The van der Waals surface area contributed by atoms with E-state index in [9.17, 15) is 18.0 Å². The van der Waals surface area contributed by atoms with E-state index in [2.05, 4.69) is 4.98 Å². The fourth-order valence-corrected chi connectivity index (χ4v) is 4.90. The maximum absolute atomic E-state index is 13.9. The van der Waals surface area contributed by atoms with Crippen molar-refractivity contribution >= 4 is 44.7 Å². The second-order valence-electron chi connectivity index (χ2n) is 7.29. The molecule has 0 unspecified atom stereocenters. The Morgan fingerprint density at radius 3 is 2.33 bits per heavy atom. The first kappa shape index (κ1) is 20.9. The predicted octanol–water partition coefficient (Wildman–Crippen LogP) is 6.23. The zero-order valence-electron chi connectivity index (χ0n) is 15.9. The van der Waals surface area contributed by atoms with Crippen molar-refractivity contribution in [3.05, 3.63) is 45.8 Å². The average Bonchev–Trinajstić information content (AvgIpc) is 2.87. The number of carbonyl (C=O) groups is 1. The molecule has 2 N–H and O–H groups in total. The van der Waals surface area contributed by atoms with Gasteiger partial charge in [0, 0.05) is 29.1 Å². The van der Waals surface area contributed by atoms with Crippen LogP contribution < -0.4 is 5.73 Å². The van der Waals surface area contributed by atoms with Gasteiger partial charge in [0.1, 0.15) is 9.71 Å². The molecule has 4 rings (SSSR count). The molecule has 1 aromatic carbocycles. The SMILES string of the molecule is Nc1c(C(=O)N2CCCCCC2)sc2nc(-c3ccc(Cl)cc3)cc(C(F)(F)F)c12. The van der Waals surface area contributed by atoms with Crippen molar-refractivity contribution in [3.8, 4) is 11.3 Å². The van der Waals surface area contributed by atoms with Gasteiger partial charge < -0.3 is 10.6 Å². The van der Waals surface area contributed by atoms with Gasteiger partial charge in [-0.3, -0.25) is 4.79 Å². The first-order valence-electron chi connectivity index (χ1n) is 9.61. The lowest BCUT2D eigenvalue weighted by Gasteiger charge is -2.19. The average molecular weight is 454 g/mol. The van der Waals surface area contributed by atoms with Gasteiger partial charge in [-0.2, -0.15) is 13.2 Å². The minimum atomic E-state index is -4.64. The van der Waals surface area contributed by atoms with Crippen LogP contribution in [0.25, 0.3) is 21.5 Å². The van der Waals surface area contributed by atoms with Crippen molar-refractivity contribution in [2.75, 3.05) is 18.8 Å². The summed E-state index contributed by atoms with van der Waals surface area (Å²) >= 11 is 6.81. The number of aromatic nitrogens is 1. The maximum atomic E-state index is 13.9. The number of nitrogens with zero attached hydrogens (tertiary/aromatic N) is 2. The highest BCUT2D eigenvalue weighted by molar-refractivity contribution is 7.21. The Balaban J connectivity index is 1.86. The molecule has 0 atom stereocenters. The quantitative estimate of drug-likeness (QED) is 0.500. The lowest BCUT2D eigenvalue weighted by Crippen LogP contribution is -2.31. The Hall–Kier alpha value is -2.32. The molecular weight excluding hydrogens is 435 g/mol. The number of rotatable bonds is 2. The van der Waals surface area contributed by atoms with E-state index in [0.717, 1.165) is 43.1 Å². The number of alkyl halides is 3. The summed E-state index contributed by atoms with van der Waals surface area (Å²) in [4.78, 5) is 19.3. The number of thiophene rings is 1. The van der Waals surface area contributed by atoms with Crippen LogP contribution in [-0.2, 0) is 6.18 Å². The third-order valence-electron chi connectivity index (χ3n) is 5.23. The highest BCUT2D eigenvalue weighted by Gasteiger charge is 2.36. The molecular formula is C21H19ClF3N3OS. The summed E-state index contributed by atoms with van der Waals surface area (Å²) < 4.78 is 41.6. The van der Waals surface area contributed by atoms with Crippen LogP contribution in [0.5, 0.6) is 0 Å². The molecule has 3 heterocycles. The van der Waals surface area contributed by atoms with E-state index in [1.165, 1.54) is 0 Å². The Morgan fingerprint density at radius 2 is 1.73 bits per heavy atom. The van der Waals surface area contributed by atoms with E-state index >= 15 is 0 Å². The topological polar surface area (TPSA) is 59.2 Å². The number of nitrogens with two attached hydrogens (primary N) is 1. The highest BCUT2D eigenvalue weighted by Crippen LogP contribution is 2.44. The Bertz CT molecular complexity index is 1090. The van der Waals surface area contributed by atoms with Crippen molar-refractivity contribution in [2.45, 2.75) is 31.9 Å². The van der Waals surface area contributed by atoms with E-state index in [-0.39, 0.29) is 32.4 Å². The molecule has 4 nitrogen and oxygen atoms in total. The molecule has 2 aromatic heterocycles. The second-order valence-corrected chi connectivity index (χ2v) is 8.73. The molecule has 1 amide bonds. The number of hydrogen-bond acceptors (Lipinski definition) is 4. The summed E-state index contributed by atoms with van der Waals surface area (Å²) in [6.45, 7) is 1.17. The van der Waals surface area contributed by atoms with Crippen molar-refractivity contribution in [2.24, 2.45) is 0 Å². The van der Waals surface area contributed by atoms with E-state index in [1.54, 1.807) is 29.2 Å².